The molecular formula is C59H108NO8P. The molecular weight excluding hydrogens is 882 g/mol. The summed E-state index contributed by atoms with van der Waals surface area (Å²) < 4.78 is 34.2. The van der Waals surface area contributed by atoms with Crippen LogP contribution >= 0.6 is 7.82 Å². The maximum atomic E-state index is 12.8. The largest absolute Gasteiger partial charge is 0.756 e. The highest BCUT2D eigenvalue weighted by atomic mass is 31.2. The number of carbonyl (C=O) groups excluding carboxylic acids is 2. The van der Waals surface area contributed by atoms with Crippen LogP contribution in [0.15, 0.2) is 60.8 Å². The van der Waals surface area contributed by atoms with Crippen molar-refractivity contribution in [3.63, 3.8) is 0 Å². The highest BCUT2D eigenvalue weighted by molar-refractivity contribution is 7.45. The van der Waals surface area contributed by atoms with Crippen LogP contribution in [-0.4, -0.2) is 70.0 Å². The quantitative estimate of drug-likeness (QED) is 0.0195. The Hall–Kier alpha value is -2.29. The zero-order valence-corrected chi connectivity index (χ0v) is 46.4. The number of ether oxygens (including phenoxy) is 2. The van der Waals surface area contributed by atoms with E-state index in [0.717, 1.165) is 77.0 Å². The summed E-state index contributed by atoms with van der Waals surface area (Å²) in [5, 5.41) is 0. The van der Waals surface area contributed by atoms with Gasteiger partial charge in [0.1, 0.15) is 19.8 Å². The van der Waals surface area contributed by atoms with Crippen molar-refractivity contribution in [2.24, 2.45) is 0 Å². The summed E-state index contributed by atoms with van der Waals surface area (Å²) in [6, 6.07) is 0. The van der Waals surface area contributed by atoms with Crippen LogP contribution in [0.2, 0.25) is 0 Å². The second kappa shape index (κ2) is 50.6. The number of hydrogen-bond acceptors (Lipinski definition) is 8. The third-order valence-corrected chi connectivity index (χ3v) is 13.3. The Labute approximate surface area is 426 Å². The number of phosphoric ester groups is 1. The summed E-state index contributed by atoms with van der Waals surface area (Å²) >= 11 is 0. The van der Waals surface area contributed by atoms with Gasteiger partial charge in [0.2, 0.25) is 0 Å². The van der Waals surface area contributed by atoms with Gasteiger partial charge in [-0.3, -0.25) is 14.2 Å². The van der Waals surface area contributed by atoms with Crippen molar-refractivity contribution in [2.75, 3.05) is 47.5 Å². The van der Waals surface area contributed by atoms with Crippen molar-refractivity contribution < 1.29 is 42.1 Å². The molecule has 0 aromatic heterocycles. The van der Waals surface area contributed by atoms with Crippen molar-refractivity contribution >= 4 is 19.8 Å². The lowest BCUT2D eigenvalue weighted by Gasteiger charge is -2.28. The Kier molecular flexibility index (Phi) is 49.0. The highest BCUT2D eigenvalue weighted by Crippen LogP contribution is 2.38. The minimum Gasteiger partial charge on any atom is -0.756 e. The summed E-state index contributed by atoms with van der Waals surface area (Å²) in [4.78, 5) is 37.8. The summed E-state index contributed by atoms with van der Waals surface area (Å²) in [5.74, 6) is -0.828. The van der Waals surface area contributed by atoms with E-state index in [4.69, 9.17) is 18.5 Å². The minimum absolute atomic E-state index is 0.0316. The van der Waals surface area contributed by atoms with E-state index in [-0.39, 0.29) is 32.0 Å². The molecule has 0 saturated carbocycles. The monoisotopic (exact) mass is 990 g/mol. The van der Waals surface area contributed by atoms with Crippen LogP contribution in [0.5, 0.6) is 0 Å². The lowest BCUT2D eigenvalue weighted by Crippen LogP contribution is -2.37. The number of esters is 2. The summed E-state index contributed by atoms with van der Waals surface area (Å²) in [5.41, 5.74) is 0. The molecule has 9 nitrogen and oxygen atoms in total. The molecule has 0 saturated heterocycles. The highest BCUT2D eigenvalue weighted by Gasteiger charge is 2.22. The van der Waals surface area contributed by atoms with Gasteiger partial charge in [-0.15, -0.1) is 0 Å². The van der Waals surface area contributed by atoms with Crippen LogP contribution in [-0.2, 0) is 32.7 Å². The molecule has 0 fully saturated rings. The fraction of sp³-hybridized carbons (Fsp3) is 0.797. The van der Waals surface area contributed by atoms with E-state index in [0.29, 0.717) is 17.4 Å². The second-order valence-electron chi connectivity index (χ2n) is 20.3. The van der Waals surface area contributed by atoms with Crippen molar-refractivity contribution in [1.29, 1.82) is 0 Å². The number of phosphoric acid groups is 1. The average molecular weight is 990 g/mol. The van der Waals surface area contributed by atoms with Gasteiger partial charge in [0.25, 0.3) is 7.82 Å². The van der Waals surface area contributed by atoms with Crippen LogP contribution in [0.1, 0.15) is 251 Å². The van der Waals surface area contributed by atoms with Crippen molar-refractivity contribution in [3.05, 3.63) is 60.8 Å². The molecule has 10 heteroatoms. The predicted octanol–water partition coefficient (Wildman–Crippen LogP) is 16.9. The fourth-order valence-electron chi connectivity index (χ4n) is 7.92. The Balaban J connectivity index is 4.16. The molecule has 0 bridgehead atoms. The molecule has 0 radical (unpaired) electrons. The number of nitrogens with zero attached hydrogens (tertiary/aromatic N) is 1. The molecule has 69 heavy (non-hydrogen) atoms. The van der Waals surface area contributed by atoms with Crippen LogP contribution < -0.4 is 4.89 Å². The smallest absolute Gasteiger partial charge is 0.306 e. The van der Waals surface area contributed by atoms with Crippen LogP contribution in [0.4, 0.5) is 0 Å². The molecule has 0 heterocycles. The van der Waals surface area contributed by atoms with E-state index in [2.05, 4.69) is 74.6 Å². The van der Waals surface area contributed by atoms with Gasteiger partial charge in [-0.2, -0.15) is 0 Å². The molecule has 2 unspecified atom stereocenters. The third-order valence-electron chi connectivity index (χ3n) is 12.3. The summed E-state index contributed by atoms with van der Waals surface area (Å²) in [7, 11) is 1.17. The Morgan fingerprint density at radius 3 is 1.23 bits per heavy atom. The number of carbonyl (C=O) groups is 2. The van der Waals surface area contributed by atoms with Crippen LogP contribution in [0.3, 0.4) is 0 Å². The van der Waals surface area contributed by atoms with E-state index < -0.39 is 26.5 Å². The topological polar surface area (TPSA) is 111 Å². The van der Waals surface area contributed by atoms with E-state index in [1.165, 1.54) is 141 Å². The van der Waals surface area contributed by atoms with Gasteiger partial charge < -0.3 is 27.9 Å². The van der Waals surface area contributed by atoms with Gasteiger partial charge >= 0.3 is 11.9 Å². The normalized spacial score (nSPS) is 13.8. The van der Waals surface area contributed by atoms with Gasteiger partial charge in [-0.25, -0.2) is 0 Å². The van der Waals surface area contributed by atoms with E-state index in [9.17, 15) is 19.0 Å². The van der Waals surface area contributed by atoms with Crippen LogP contribution in [0.25, 0.3) is 0 Å². The average Bonchev–Trinajstić information content (AvgIpc) is 3.31. The van der Waals surface area contributed by atoms with Gasteiger partial charge in [0, 0.05) is 12.8 Å². The number of unbranched alkanes of at least 4 members (excludes halogenated alkanes) is 28. The summed E-state index contributed by atoms with van der Waals surface area (Å²) in [6.45, 7) is 4.15. The Bertz CT molecular complexity index is 1350. The van der Waals surface area contributed by atoms with Gasteiger partial charge in [0.05, 0.1) is 27.7 Å². The second-order valence-corrected chi connectivity index (χ2v) is 21.7. The number of quaternary nitrogens is 1. The first-order valence-corrected chi connectivity index (χ1v) is 30.0. The van der Waals surface area contributed by atoms with Gasteiger partial charge in [0.15, 0.2) is 6.10 Å². The van der Waals surface area contributed by atoms with Crippen molar-refractivity contribution in [2.45, 2.75) is 258 Å². The molecule has 0 spiro atoms. The Morgan fingerprint density at radius 2 is 0.826 bits per heavy atom. The molecule has 0 aliphatic rings. The van der Waals surface area contributed by atoms with Crippen molar-refractivity contribution in [1.82, 2.24) is 0 Å². The molecule has 0 N–H and O–H groups in total. The Morgan fingerprint density at radius 1 is 0.464 bits per heavy atom. The standard InChI is InChI=1S/C59H108NO8P/c1-6-8-10-12-14-16-18-20-22-24-26-27-28-29-30-31-32-33-34-36-38-40-42-44-46-48-50-52-59(62)68-57(56-67-69(63,64)66-54-53-60(3,4)5)55-65-58(61)51-49-47-45-43-41-39-37-35-25-23-21-19-17-15-13-11-9-7-2/h8,10,14,16,20,22,26-27,29-30,57H,6-7,9,11-13,15,17-19,21,23-25,28,31-56H2,1-5H3/b10-8-,16-14-,22-20-,27-26-,30-29-. The first-order chi connectivity index (χ1) is 33.5. The van der Waals surface area contributed by atoms with E-state index in [1.807, 2.05) is 21.1 Å². The molecule has 0 amide bonds. The molecule has 0 aliphatic carbocycles. The zero-order valence-electron chi connectivity index (χ0n) is 45.5. The molecule has 402 valence electrons. The minimum atomic E-state index is -4.64. The lowest BCUT2D eigenvalue weighted by atomic mass is 10.0. The first kappa shape index (κ1) is 66.7. The molecule has 2 atom stereocenters. The molecule has 0 aromatic rings. The van der Waals surface area contributed by atoms with Crippen LogP contribution in [0, 0.1) is 0 Å². The SMILES string of the molecule is CC/C=C\C/C=C\C/C=C\C/C=C\C/C=C\CCCCCCCCCCCCCC(=O)OC(COC(=O)CCCCCCCCCCCCCCCCCCCC)COP(=O)([O-])OCC[N+](C)(C)C. The van der Waals surface area contributed by atoms with E-state index >= 15 is 0 Å². The maximum Gasteiger partial charge on any atom is 0.306 e. The first-order valence-electron chi connectivity index (χ1n) is 28.5. The predicted molar refractivity (Wildman–Crippen MR) is 291 cm³/mol. The van der Waals surface area contributed by atoms with Gasteiger partial charge in [-0.05, 0) is 57.8 Å². The fourth-order valence-corrected chi connectivity index (χ4v) is 8.65. The number of likely N-dealkylation sites (N-methyl/N-ethyl adjacent to an activating group) is 1. The number of allylic oxidation sites excluding steroid dienone is 10. The molecule has 0 aromatic carbocycles. The number of hydrogen-bond donors (Lipinski definition) is 0. The lowest BCUT2D eigenvalue weighted by molar-refractivity contribution is -0.870. The summed E-state index contributed by atoms with van der Waals surface area (Å²) in [6.07, 6.45) is 64.0. The van der Waals surface area contributed by atoms with Gasteiger partial charge in [-0.1, -0.05) is 242 Å². The third kappa shape index (κ3) is 54.9. The number of rotatable bonds is 52. The zero-order chi connectivity index (χ0) is 50.6. The molecule has 0 aliphatic heterocycles. The van der Waals surface area contributed by atoms with Crippen molar-refractivity contribution in [3.8, 4) is 0 Å². The van der Waals surface area contributed by atoms with E-state index in [1.54, 1.807) is 0 Å². The molecule has 0 rings (SSSR count). The maximum absolute atomic E-state index is 12.8.